The van der Waals surface area contributed by atoms with Crippen LogP contribution in [0.5, 0.6) is 0 Å². The smallest absolute Gasteiger partial charge is 0.133 e. The van der Waals surface area contributed by atoms with Crippen molar-refractivity contribution >= 4 is 11.6 Å². The van der Waals surface area contributed by atoms with E-state index in [0.717, 1.165) is 23.0 Å². The summed E-state index contributed by atoms with van der Waals surface area (Å²) in [7, 11) is 0. The maximum Gasteiger partial charge on any atom is 0.133 e. The van der Waals surface area contributed by atoms with Gasteiger partial charge in [0.15, 0.2) is 0 Å². The Labute approximate surface area is 106 Å². The normalized spacial score (nSPS) is 16.2. The highest BCUT2D eigenvalue weighted by atomic mass is 35.5. The van der Waals surface area contributed by atoms with Crippen molar-refractivity contribution in [1.29, 1.82) is 0 Å². The van der Waals surface area contributed by atoms with E-state index in [1.165, 1.54) is 5.57 Å². The number of ether oxygens (including phenoxy) is 1. The summed E-state index contributed by atoms with van der Waals surface area (Å²) in [4.78, 5) is 0. The Kier molecular flexibility index (Phi) is 3.84. The highest BCUT2D eigenvalue weighted by Gasteiger charge is 2.13. The van der Waals surface area contributed by atoms with Crippen LogP contribution in [0.2, 0.25) is 5.02 Å². The number of benzene rings is 1. The molecule has 0 saturated carbocycles. The molecule has 1 aromatic rings. The van der Waals surface area contributed by atoms with Gasteiger partial charge in [-0.3, -0.25) is 0 Å². The van der Waals surface area contributed by atoms with Gasteiger partial charge in [-0.05, 0) is 18.2 Å². The lowest BCUT2D eigenvalue weighted by atomic mass is 10.1. The van der Waals surface area contributed by atoms with Crippen LogP contribution in [-0.2, 0) is 4.74 Å². The molecular weight excluding hydrogens is 232 g/mol. The van der Waals surface area contributed by atoms with Gasteiger partial charge in [-0.25, -0.2) is 0 Å². The van der Waals surface area contributed by atoms with Crippen molar-refractivity contribution in [3.05, 3.63) is 83.3 Å². The van der Waals surface area contributed by atoms with Crippen LogP contribution in [0.4, 0.5) is 0 Å². The van der Waals surface area contributed by atoms with Crippen LogP contribution in [0, 0.1) is 0 Å². The number of hydrogen-bond donors (Lipinski definition) is 0. The molecule has 0 bridgehead atoms. The highest BCUT2D eigenvalue weighted by molar-refractivity contribution is 6.30. The summed E-state index contributed by atoms with van der Waals surface area (Å²) in [5, 5.41) is 0.794. The lowest BCUT2D eigenvalue weighted by Crippen LogP contribution is -1.97. The number of fused-ring (bicyclic) bond motifs is 1. The molecule has 0 N–H and O–H groups in total. The molecule has 0 unspecified atom stereocenters. The standard InChI is InChI=1S/C9H8O.C6H5Cl/c1-7-5-6-8-3-2-4-9(8)10-7;7-6-4-2-1-3-5-6/h2-4,6H,1,5H2;1-5H. The van der Waals surface area contributed by atoms with Crippen LogP contribution < -0.4 is 0 Å². The molecule has 1 aromatic carbocycles. The molecule has 0 aromatic heterocycles. The molecule has 0 fully saturated rings. The van der Waals surface area contributed by atoms with Crippen LogP contribution >= 0.6 is 11.6 Å². The molecule has 0 radical (unpaired) electrons. The predicted molar refractivity (Wildman–Crippen MR) is 71.6 cm³/mol. The van der Waals surface area contributed by atoms with Gasteiger partial charge in [0.1, 0.15) is 11.5 Å². The minimum Gasteiger partial charge on any atom is -0.461 e. The fourth-order valence-corrected chi connectivity index (χ4v) is 1.66. The van der Waals surface area contributed by atoms with E-state index in [4.69, 9.17) is 16.3 Å². The lowest BCUT2D eigenvalue weighted by Gasteiger charge is -2.14. The third-order valence-electron chi connectivity index (χ3n) is 2.34. The number of rotatable bonds is 0. The fourth-order valence-electron chi connectivity index (χ4n) is 1.51. The molecule has 2 heteroatoms. The topological polar surface area (TPSA) is 9.23 Å². The second kappa shape index (κ2) is 5.55. The van der Waals surface area contributed by atoms with E-state index in [1.807, 2.05) is 48.6 Å². The Morgan fingerprint density at radius 1 is 1.18 bits per heavy atom. The van der Waals surface area contributed by atoms with E-state index in [9.17, 15) is 0 Å². The van der Waals surface area contributed by atoms with Crippen molar-refractivity contribution in [3.63, 3.8) is 0 Å². The van der Waals surface area contributed by atoms with Crippen molar-refractivity contribution < 1.29 is 4.74 Å². The Morgan fingerprint density at radius 2 is 1.94 bits per heavy atom. The first-order valence-electron chi connectivity index (χ1n) is 5.41. The van der Waals surface area contributed by atoms with Gasteiger partial charge in [-0.2, -0.15) is 0 Å². The summed E-state index contributed by atoms with van der Waals surface area (Å²) in [5.74, 6) is 1.77. The minimum atomic E-state index is 0.794. The van der Waals surface area contributed by atoms with E-state index < -0.39 is 0 Å². The van der Waals surface area contributed by atoms with Crippen molar-refractivity contribution in [3.8, 4) is 0 Å². The molecule has 1 heterocycles. The van der Waals surface area contributed by atoms with E-state index in [2.05, 4.69) is 12.7 Å². The lowest BCUT2D eigenvalue weighted by molar-refractivity contribution is 0.303. The third-order valence-corrected chi connectivity index (χ3v) is 2.60. The van der Waals surface area contributed by atoms with Crippen LogP contribution in [0.3, 0.4) is 0 Å². The number of allylic oxidation sites excluding steroid dienone is 4. The van der Waals surface area contributed by atoms with Gasteiger partial charge >= 0.3 is 0 Å². The second-order valence-electron chi connectivity index (χ2n) is 3.69. The molecule has 1 nitrogen and oxygen atoms in total. The summed E-state index contributed by atoms with van der Waals surface area (Å²) in [5.41, 5.74) is 1.19. The Hall–Kier alpha value is -1.73. The van der Waals surface area contributed by atoms with Crippen LogP contribution in [0.25, 0.3) is 0 Å². The highest BCUT2D eigenvalue weighted by Crippen LogP contribution is 2.28. The van der Waals surface area contributed by atoms with E-state index in [1.54, 1.807) is 0 Å². The van der Waals surface area contributed by atoms with Crippen molar-refractivity contribution in [1.82, 2.24) is 0 Å². The van der Waals surface area contributed by atoms with E-state index in [0.29, 0.717) is 0 Å². The maximum absolute atomic E-state index is 5.54. The van der Waals surface area contributed by atoms with Gasteiger partial charge in [0.05, 0.1) is 0 Å². The first-order chi connectivity index (χ1) is 8.25. The van der Waals surface area contributed by atoms with Gasteiger partial charge in [0.2, 0.25) is 0 Å². The summed E-state index contributed by atoms with van der Waals surface area (Å²) < 4.78 is 5.35. The minimum absolute atomic E-state index is 0.794. The molecule has 2 aliphatic rings. The zero-order valence-electron chi connectivity index (χ0n) is 9.40. The van der Waals surface area contributed by atoms with E-state index >= 15 is 0 Å². The number of halogens is 1. The summed E-state index contributed by atoms with van der Waals surface area (Å²) in [6.07, 6.45) is 8.95. The Bertz CT molecular complexity index is 495. The Balaban J connectivity index is 0.000000136. The van der Waals surface area contributed by atoms with Crippen LogP contribution in [0.15, 0.2) is 78.3 Å². The molecule has 0 saturated heterocycles. The number of hydrogen-bond acceptors (Lipinski definition) is 1. The van der Waals surface area contributed by atoms with Gasteiger partial charge < -0.3 is 4.74 Å². The first-order valence-corrected chi connectivity index (χ1v) is 5.78. The quantitative estimate of drug-likeness (QED) is 0.646. The third kappa shape index (κ3) is 3.36. The molecular formula is C15H13ClO. The first kappa shape index (κ1) is 11.7. The molecule has 17 heavy (non-hydrogen) atoms. The molecule has 0 atom stereocenters. The Morgan fingerprint density at radius 3 is 2.59 bits per heavy atom. The van der Waals surface area contributed by atoms with E-state index in [-0.39, 0.29) is 0 Å². The molecule has 1 aliphatic carbocycles. The molecule has 0 spiro atoms. The summed E-state index contributed by atoms with van der Waals surface area (Å²) in [6.45, 7) is 3.74. The summed E-state index contributed by atoms with van der Waals surface area (Å²) >= 11 is 5.54. The monoisotopic (exact) mass is 244 g/mol. The van der Waals surface area contributed by atoms with Gasteiger partial charge in [0.25, 0.3) is 0 Å². The zero-order chi connectivity index (χ0) is 12.1. The van der Waals surface area contributed by atoms with Crippen molar-refractivity contribution in [2.24, 2.45) is 0 Å². The predicted octanol–water partition coefficient (Wildman–Crippen LogP) is 4.64. The molecule has 86 valence electrons. The SMILES string of the molecule is C=C1CC=C2C=CC=C2O1.Clc1ccccc1. The average Bonchev–Trinajstić information content (AvgIpc) is 2.78. The zero-order valence-corrected chi connectivity index (χ0v) is 10.2. The largest absolute Gasteiger partial charge is 0.461 e. The van der Waals surface area contributed by atoms with Gasteiger partial charge in [0, 0.05) is 17.0 Å². The van der Waals surface area contributed by atoms with Gasteiger partial charge in [-0.1, -0.05) is 54.6 Å². The molecule has 3 rings (SSSR count). The fraction of sp³-hybridized carbons (Fsp3) is 0.0667. The second-order valence-corrected chi connectivity index (χ2v) is 4.13. The molecule has 0 amide bonds. The maximum atomic E-state index is 5.54. The molecule has 1 aliphatic heterocycles. The van der Waals surface area contributed by atoms with Gasteiger partial charge in [-0.15, -0.1) is 0 Å². The van der Waals surface area contributed by atoms with Crippen molar-refractivity contribution in [2.75, 3.05) is 0 Å². The van der Waals surface area contributed by atoms with Crippen LogP contribution in [0.1, 0.15) is 6.42 Å². The summed E-state index contributed by atoms with van der Waals surface area (Å²) in [6, 6.07) is 9.44. The van der Waals surface area contributed by atoms with Crippen LogP contribution in [-0.4, -0.2) is 0 Å². The average molecular weight is 245 g/mol. The van der Waals surface area contributed by atoms with Crippen molar-refractivity contribution in [2.45, 2.75) is 6.42 Å².